The van der Waals surface area contributed by atoms with Gasteiger partial charge in [-0.3, -0.25) is 0 Å². The van der Waals surface area contributed by atoms with Crippen LogP contribution >= 0.6 is 0 Å². The van der Waals surface area contributed by atoms with E-state index < -0.39 is 0 Å². The Balaban J connectivity index is 1.15. The topological polar surface area (TPSA) is 57.5 Å². The van der Waals surface area contributed by atoms with E-state index in [1.807, 2.05) is 38.1 Å². The molecule has 0 amide bonds. The van der Waals surface area contributed by atoms with E-state index in [0.29, 0.717) is 11.8 Å². The molecule has 5 aromatic carbocycles. The molecule has 6 nitrogen and oxygen atoms in total. The summed E-state index contributed by atoms with van der Waals surface area (Å²) in [7, 11) is 0. The molecule has 1 aliphatic carbocycles. The van der Waals surface area contributed by atoms with Gasteiger partial charge >= 0.3 is 0 Å². The highest BCUT2D eigenvalue weighted by molar-refractivity contribution is 6.10. The summed E-state index contributed by atoms with van der Waals surface area (Å²) < 4.78 is 14.2. The van der Waals surface area contributed by atoms with E-state index >= 15 is 0 Å². The van der Waals surface area contributed by atoms with Crippen molar-refractivity contribution in [2.45, 2.75) is 32.8 Å². The van der Waals surface area contributed by atoms with Crippen molar-refractivity contribution >= 4 is 33.2 Å². The standard InChI is InChI=1S/C41H34N4O2/c1-28(2)46-35-24-19-30(20-25-35)41-43-42-40(47-41)29-17-21-33(22-18-29)44(31-11-5-3-6-12-31)34-23-26-39-37(27-34)36-15-9-10-16-38(36)45(39)32-13-7-4-8-14-32/h4-5,7-28H,3,6H2,1-2H3/p+1. The minimum atomic E-state index is 0.117. The van der Waals surface area contributed by atoms with Crippen molar-refractivity contribution in [1.29, 1.82) is 0 Å². The molecule has 1 atom stereocenters. The SMILES string of the molecule is CC(C)Oc1ccc(-c2nnc(-c3ccc([NH+](C4=CCCC=C4)c4ccc5c(c4)c4ccccc4n5-c4ccccc4)cc3)o2)cc1. The summed E-state index contributed by atoms with van der Waals surface area (Å²) in [6.45, 7) is 4.02. The number of hydrogen-bond donors (Lipinski definition) is 1. The first-order valence-corrected chi connectivity index (χ1v) is 16.2. The maximum Gasteiger partial charge on any atom is 0.248 e. The molecule has 1 unspecified atom stereocenters. The number of para-hydroxylation sites is 2. The van der Waals surface area contributed by atoms with Gasteiger partial charge < -0.3 is 13.7 Å². The number of hydrogen-bond acceptors (Lipinski definition) is 4. The maximum atomic E-state index is 6.11. The summed E-state index contributed by atoms with van der Waals surface area (Å²) in [6, 6.07) is 42.3. The Morgan fingerprint density at radius 1 is 0.681 bits per heavy atom. The molecule has 47 heavy (non-hydrogen) atoms. The predicted molar refractivity (Wildman–Crippen MR) is 188 cm³/mol. The number of allylic oxidation sites excluding steroid dienone is 3. The van der Waals surface area contributed by atoms with Crippen LogP contribution < -0.4 is 9.64 Å². The highest BCUT2D eigenvalue weighted by Crippen LogP contribution is 2.34. The molecule has 0 saturated heterocycles. The summed E-state index contributed by atoms with van der Waals surface area (Å²) in [5.74, 6) is 1.78. The van der Waals surface area contributed by atoms with E-state index in [0.717, 1.165) is 41.1 Å². The van der Waals surface area contributed by atoms with Gasteiger partial charge in [-0.2, -0.15) is 0 Å². The van der Waals surface area contributed by atoms with Crippen LogP contribution in [-0.4, -0.2) is 20.9 Å². The van der Waals surface area contributed by atoms with Crippen molar-refractivity contribution in [2.24, 2.45) is 0 Å². The third-order valence-electron chi connectivity index (χ3n) is 8.58. The minimum Gasteiger partial charge on any atom is -0.491 e. The van der Waals surface area contributed by atoms with Crippen LogP contribution in [0.1, 0.15) is 26.7 Å². The Kier molecular flexibility index (Phi) is 7.48. The van der Waals surface area contributed by atoms with Gasteiger partial charge in [0, 0.05) is 51.9 Å². The third-order valence-corrected chi connectivity index (χ3v) is 8.58. The molecular formula is C41H35N4O2+. The van der Waals surface area contributed by atoms with Gasteiger partial charge in [-0.25, -0.2) is 4.90 Å². The summed E-state index contributed by atoms with van der Waals surface area (Å²) in [5.41, 5.74) is 8.84. The normalized spacial score (nSPS) is 13.7. The smallest absolute Gasteiger partial charge is 0.248 e. The van der Waals surface area contributed by atoms with E-state index in [2.05, 4.69) is 130 Å². The Hall–Kier alpha value is -5.72. The molecule has 0 bridgehead atoms. The molecule has 1 aliphatic rings. The molecule has 0 aliphatic heterocycles. The molecule has 7 aromatic rings. The zero-order valence-corrected chi connectivity index (χ0v) is 26.4. The van der Waals surface area contributed by atoms with Crippen molar-refractivity contribution < 1.29 is 14.1 Å². The van der Waals surface area contributed by atoms with Crippen LogP contribution in [0.2, 0.25) is 0 Å². The van der Waals surface area contributed by atoms with Gasteiger partial charge in [-0.15, -0.1) is 10.2 Å². The number of fused-ring (bicyclic) bond motifs is 3. The van der Waals surface area contributed by atoms with Gasteiger partial charge in [0.15, 0.2) is 0 Å². The third kappa shape index (κ3) is 5.53. The average Bonchev–Trinajstić information content (AvgIpc) is 3.73. The molecule has 0 saturated carbocycles. The van der Waals surface area contributed by atoms with E-state index in [-0.39, 0.29) is 6.10 Å². The van der Waals surface area contributed by atoms with Gasteiger partial charge in [0.25, 0.3) is 0 Å². The second kappa shape index (κ2) is 12.2. The Bertz CT molecular complexity index is 2240. The summed E-state index contributed by atoms with van der Waals surface area (Å²) in [5, 5.41) is 11.2. The van der Waals surface area contributed by atoms with E-state index in [1.165, 1.54) is 38.1 Å². The zero-order chi connectivity index (χ0) is 31.7. The first-order chi connectivity index (χ1) is 23.1. The number of aromatic nitrogens is 3. The number of ether oxygens (including phenoxy) is 1. The zero-order valence-electron chi connectivity index (χ0n) is 26.4. The first-order valence-electron chi connectivity index (χ1n) is 16.2. The molecule has 1 N–H and O–H groups in total. The number of rotatable bonds is 8. The average molecular weight is 616 g/mol. The van der Waals surface area contributed by atoms with Gasteiger partial charge in [0.1, 0.15) is 22.8 Å². The molecule has 2 aromatic heterocycles. The highest BCUT2D eigenvalue weighted by atomic mass is 16.5. The fourth-order valence-corrected chi connectivity index (χ4v) is 6.47. The Labute approximate surface area is 273 Å². The molecule has 6 heteroatoms. The van der Waals surface area contributed by atoms with Crippen LogP contribution in [0.5, 0.6) is 5.75 Å². The van der Waals surface area contributed by atoms with Gasteiger partial charge in [0.05, 0.1) is 17.1 Å². The molecular weight excluding hydrogens is 580 g/mol. The highest BCUT2D eigenvalue weighted by Gasteiger charge is 2.24. The van der Waals surface area contributed by atoms with Crippen molar-refractivity contribution in [3.05, 3.63) is 145 Å². The Morgan fingerprint density at radius 3 is 2.04 bits per heavy atom. The van der Waals surface area contributed by atoms with Crippen molar-refractivity contribution in [3.63, 3.8) is 0 Å². The van der Waals surface area contributed by atoms with E-state index in [4.69, 9.17) is 9.15 Å². The van der Waals surface area contributed by atoms with Crippen molar-refractivity contribution in [1.82, 2.24) is 14.8 Å². The molecule has 8 rings (SSSR count). The van der Waals surface area contributed by atoms with Gasteiger partial charge in [-0.05, 0) is 99.5 Å². The molecule has 230 valence electrons. The lowest BCUT2D eigenvalue weighted by atomic mass is 10.1. The fourth-order valence-electron chi connectivity index (χ4n) is 6.47. The van der Waals surface area contributed by atoms with Crippen LogP contribution in [0.25, 0.3) is 50.4 Å². The maximum absolute atomic E-state index is 6.11. The van der Waals surface area contributed by atoms with E-state index in [9.17, 15) is 0 Å². The van der Waals surface area contributed by atoms with Crippen LogP contribution in [-0.2, 0) is 0 Å². The summed E-state index contributed by atoms with van der Waals surface area (Å²) in [6.07, 6.45) is 9.08. The molecule has 0 fully saturated rings. The number of nitrogens with zero attached hydrogens (tertiary/aromatic N) is 3. The quantitative estimate of drug-likeness (QED) is 0.185. The second-order valence-corrected chi connectivity index (χ2v) is 12.1. The van der Waals surface area contributed by atoms with Crippen LogP contribution in [0.15, 0.2) is 150 Å². The molecule has 2 heterocycles. The number of nitrogens with one attached hydrogen (secondary N) is 1. The van der Waals surface area contributed by atoms with Gasteiger partial charge in [-0.1, -0.05) is 42.5 Å². The molecule has 0 spiro atoms. The monoisotopic (exact) mass is 615 g/mol. The first kappa shape index (κ1) is 28.7. The predicted octanol–water partition coefficient (Wildman–Crippen LogP) is 9.37. The number of benzene rings is 5. The Morgan fingerprint density at radius 2 is 1.34 bits per heavy atom. The van der Waals surface area contributed by atoms with Crippen LogP contribution in [0, 0.1) is 0 Å². The van der Waals surface area contributed by atoms with Crippen molar-refractivity contribution in [2.75, 3.05) is 0 Å². The van der Waals surface area contributed by atoms with Crippen molar-refractivity contribution in [3.8, 4) is 34.3 Å². The lowest BCUT2D eigenvalue weighted by Crippen LogP contribution is -3.00. The largest absolute Gasteiger partial charge is 0.491 e. The van der Waals surface area contributed by atoms with E-state index in [1.54, 1.807) is 0 Å². The minimum absolute atomic E-state index is 0.117. The van der Waals surface area contributed by atoms with Crippen LogP contribution in [0.4, 0.5) is 11.4 Å². The van der Waals surface area contributed by atoms with Crippen LogP contribution in [0.3, 0.4) is 0 Å². The molecule has 0 radical (unpaired) electrons. The lowest BCUT2D eigenvalue weighted by Gasteiger charge is -2.21. The number of quaternary nitrogens is 1. The summed E-state index contributed by atoms with van der Waals surface area (Å²) >= 11 is 0. The summed E-state index contributed by atoms with van der Waals surface area (Å²) in [4.78, 5) is 1.21. The van der Waals surface area contributed by atoms with Gasteiger partial charge in [0.2, 0.25) is 11.8 Å². The lowest BCUT2D eigenvalue weighted by molar-refractivity contribution is -0.710. The second-order valence-electron chi connectivity index (χ2n) is 12.1. The fraction of sp³-hybridized carbons (Fsp3) is 0.122.